The summed E-state index contributed by atoms with van der Waals surface area (Å²) in [6.07, 6.45) is 4.16. The second-order valence-corrected chi connectivity index (χ2v) is 3.97. The highest BCUT2D eigenvalue weighted by Crippen LogP contribution is 2.18. The fraction of sp³-hybridized carbons (Fsp3) is 0.545. The van der Waals surface area contributed by atoms with Crippen LogP contribution in [0.1, 0.15) is 26.7 Å². The lowest BCUT2D eigenvalue weighted by Crippen LogP contribution is -2.11. The van der Waals surface area contributed by atoms with Gasteiger partial charge in [-0.05, 0) is 24.5 Å². The smallest absolute Gasteiger partial charge is 0.152 e. The van der Waals surface area contributed by atoms with E-state index in [9.17, 15) is 0 Å². The molecule has 1 atom stereocenters. The van der Waals surface area contributed by atoms with Crippen molar-refractivity contribution in [3.05, 3.63) is 23.5 Å². The van der Waals surface area contributed by atoms with E-state index in [2.05, 4.69) is 24.1 Å². The van der Waals surface area contributed by atoms with E-state index in [1.807, 2.05) is 12.1 Å². The molecule has 0 amide bonds. The molecular weight excluding hydrogens is 196 g/mol. The van der Waals surface area contributed by atoms with Crippen molar-refractivity contribution in [2.75, 3.05) is 11.9 Å². The van der Waals surface area contributed by atoms with Crippen molar-refractivity contribution in [2.45, 2.75) is 26.7 Å². The summed E-state index contributed by atoms with van der Waals surface area (Å²) >= 11 is 5.91. The molecule has 0 radical (unpaired) electrons. The predicted molar refractivity (Wildman–Crippen MR) is 61.8 cm³/mol. The van der Waals surface area contributed by atoms with E-state index >= 15 is 0 Å². The zero-order valence-electron chi connectivity index (χ0n) is 8.76. The molecule has 1 aromatic rings. The Balaban J connectivity index is 2.41. The Labute approximate surface area is 90.7 Å². The number of hydrogen-bond acceptors (Lipinski definition) is 2. The molecule has 2 nitrogen and oxygen atoms in total. The van der Waals surface area contributed by atoms with Crippen LogP contribution in [0.3, 0.4) is 0 Å². The molecule has 0 saturated heterocycles. The minimum Gasteiger partial charge on any atom is -0.382 e. The highest BCUT2D eigenvalue weighted by molar-refractivity contribution is 6.31. The first-order valence-corrected chi connectivity index (χ1v) is 5.46. The first-order chi connectivity index (χ1) is 6.74. The zero-order valence-corrected chi connectivity index (χ0v) is 9.51. The maximum atomic E-state index is 5.91. The molecule has 1 N–H and O–H groups in total. The fourth-order valence-corrected chi connectivity index (χ4v) is 1.58. The number of anilines is 1. The van der Waals surface area contributed by atoms with Crippen LogP contribution in [0.2, 0.25) is 5.15 Å². The Morgan fingerprint density at radius 3 is 3.00 bits per heavy atom. The Hall–Kier alpha value is -0.760. The van der Waals surface area contributed by atoms with Crippen molar-refractivity contribution >= 4 is 17.3 Å². The second kappa shape index (κ2) is 5.86. The molecule has 1 aromatic heterocycles. The Morgan fingerprint density at radius 2 is 2.36 bits per heavy atom. The Bertz CT molecular complexity index is 276. The molecule has 14 heavy (non-hydrogen) atoms. The normalized spacial score (nSPS) is 12.5. The lowest BCUT2D eigenvalue weighted by molar-refractivity contribution is 0.550. The third kappa shape index (κ3) is 3.54. The number of nitrogens with one attached hydrogen (secondary N) is 1. The standard InChI is InChI=1S/C11H17ClN2/c1-3-5-9(2)8-14-10-6-4-7-13-11(10)12/h4,6-7,9,14H,3,5,8H2,1-2H3. The molecule has 0 aliphatic rings. The van der Waals surface area contributed by atoms with E-state index in [0.717, 1.165) is 12.2 Å². The summed E-state index contributed by atoms with van der Waals surface area (Å²) in [7, 11) is 0. The number of halogens is 1. The van der Waals surface area contributed by atoms with Gasteiger partial charge >= 0.3 is 0 Å². The van der Waals surface area contributed by atoms with Gasteiger partial charge in [0.15, 0.2) is 5.15 Å². The number of aromatic nitrogens is 1. The molecule has 1 rings (SSSR count). The van der Waals surface area contributed by atoms with Gasteiger partial charge in [-0.15, -0.1) is 0 Å². The van der Waals surface area contributed by atoms with Gasteiger partial charge in [0.1, 0.15) is 0 Å². The van der Waals surface area contributed by atoms with E-state index in [1.165, 1.54) is 12.8 Å². The summed E-state index contributed by atoms with van der Waals surface area (Å²) in [5.74, 6) is 0.677. The lowest BCUT2D eigenvalue weighted by Gasteiger charge is -2.12. The molecule has 0 fully saturated rings. The van der Waals surface area contributed by atoms with Crippen LogP contribution in [0.15, 0.2) is 18.3 Å². The van der Waals surface area contributed by atoms with E-state index < -0.39 is 0 Å². The van der Waals surface area contributed by atoms with E-state index in [1.54, 1.807) is 6.20 Å². The summed E-state index contributed by atoms with van der Waals surface area (Å²) < 4.78 is 0. The molecule has 1 unspecified atom stereocenters. The third-order valence-corrected chi connectivity index (χ3v) is 2.48. The van der Waals surface area contributed by atoms with E-state index in [-0.39, 0.29) is 0 Å². The third-order valence-electron chi connectivity index (χ3n) is 2.18. The minimum absolute atomic E-state index is 0.552. The van der Waals surface area contributed by atoms with Gasteiger partial charge in [-0.25, -0.2) is 4.98 Å². The van der Waals surface area contributed by atoms with Gasteiger partial charge in [0.05, 0.1) is 5.69 Å². The Morgan fingerprint density at radius 1 is 1.57 bits per heavy atom. The maximum absolute atomic E-state index is 5.91. The summed E-state index contributed by atoms with van der Waals surface area (Å²) in [4.78, 5) is 4.01. The van der Waals surface area contributed by atoms with Gasteiger partial charge in [0, 0.05) is 12.7 Å². The first-order valence-electron chi connectivity index (χ1n) is 5.08. The maximum Gasteiger partial charge on any atom is 0.152 e. The quantitative estimate of drug-likeness (QED) is 0.755. The fourth-order valence-electron chi connectivity index (χ4n) is 1.40. The average molecular weight is 213 g/mol. The monoisotopic (exact) mass is 212 g/mol. The molecule has 78 valence electrons. The van der Waals surface area contributed by atoms with Crippen molar-refractivity contribution in [3.63, 3.8) is 0 Å². The van der Waals surface area contributed by atoms with Crippen LogP contribution in [-0.4, -0.2) is 11.5 Å². The van der Waals surface area contributed by atoms with Crippen molar-refractivity contribution in [2.24, 2.45) is 5.92 Å². The zero-order chi connectivity index (χ0) is 10.4. The van der Waals surface area contributed by atoms with Crippen molar-refractivity contribution in [1.82, 2.24) is 4.98 Å². The SMILES string of the molecule is CCCC(C)CNc1cccnc1Cl. The van der Waals surface area contributed by atoms with Gasteiger partial charge in [0.2, 0.25) is 0 Å². The van der Waals surface area contributed by atoms with Crippen LogP contribution in [0.25, 0.3) is 0 Å². The highest BCUT2D eigenvalue weighted by atomic mass is 35.5. The summed E-state index contributed by atoms with van der Waals surface area (Å²) in [5.41, 5.74) is 0.928. The molecule has 1 heterocycles. The van der Waals surface area contributed by atoms with Gasteiger partial charge in [-0.3, -0.25) is 0 Å². The molecule has 0 aromatic carbocycles. The van der Waals surface area contributed by atoms with Crippen molar-refractivity contribution < 1.29 is 0 Å². The van der Waals surface area contributed by atoms with Gasteiger partial charge in [-0.1, -0.05) is 31.9 Å². The van der Waals surface area contributed by atoms with Crippen LogP contribution in [-0.2, 0) is 0 Å². The van der Waals surface area contributed by atoms with Crippen LogP contribution < -0.4 is 5.32 Å². The predicted octanol–water partition coefficient (Wildman–Crippen LogP) is 3.58. The van der Waals surface area contributed by atoms with Crippen LogP contribution in [0.5, 0.6) is 0 Å². The molecule has 0 bridgehead atoms. The number of nitrogens with zero attached hydrogens (tertiary/aromatic N) is 1. The lowest BCUT2D eigenvalue weighted by atomic mass is 10.1. The largest absolute Gasteiger partial charge is 0.382 e. The topological polar surface area (TPSA) is 24.9 Å². The molecule has 3 heteroatoms. The van der Waals surface area contributed by atoms with Gasteiger partial charge in [-0.2, -0.15) is 0 Å². The van der Waals surface area contributed by atoms with E-state index in [4.69, 9.17) is 11.6 Å². The first kappa shape index (κ1) is 11.3. The number of hydrogen-bond donors (Lipinski definition) is 1. The van der Waals surface area contributed by atoms with Crippen LogP contribution in [0, 0.1) is 5.92 Å². The molecule has 0 saturated carbocycles. The molecule has 0 aliphatic carbocycles. The second-order valence-electron chi connectivity index (χ2n) is 3.62. The highest BCUT2D eigenvalue weighted by Gasteiger charge is 2.02. The van der Waals surface area contributed by atoms with Crippen LogP contribution in [0.4, 0.5) is 5.69 Å². The number of rotatable bonds is 5. The summed E-state index contributed by atoms with van der Waals surface area (Å²) in [5, 5.41) is 3.86. The van der Waals surface area contributed by atoms with Gasteiger partial charge in [0.25, 0.3) is 0 Å². The van der Waals surface area contributed by atoms with Crippen molar-refractivity contribution in [3.8, 4) is 0 Å². The average Bonchev–Trinajstić information content (AvgIpc) is 2.17. The Kier molecular flexibility index (Phi) is 4.74. The van der Waals surface area contributed by atoms with Crippen molar-refractivity contribution in [1.29, 1.82) is 0 Å². The number of pyridine rings is 1. The molecule has 0 aliphatic heterocycles. The van der Waals surface area contributed by atoms with E-state index in [0.29, 0.717) is 11.1 Å². The molecular formula is C11H17ClN2. The summed E-state index contributed by atoms with van der Waals surface area (Å²) in [6.45, 7) is 5.40. The molecule has 0 spiro atoms. The van der Waals surface area contributed by atoms with Crippen LogP contribution >= 0.6 is 11.6 Å². The summed E-state index contributed by atoms with van der Waals surface area (Å²) in [6, 6.07) is 3.84. The van der Waals surface area contributed by atoms with Gasteiger partial charge < -0.3 is 5.32 Å². The minimum atomic E-state index is 0.552.